The van der Waals surface area contributed by atoms with E-state index in [4.69, 9.17) is 6.42 Å². The Morgan fingerprint density at radius 1 is 1.47 bits per heavy atom. The second-order valence-electron chi connectivity index (χ2n) is 4.29. The molecule has 0 aliphatic rings. The summed E-state index contributed by atoms with van der Waals surface area (Å²) in [6.45, 7) is 6.25. The first-order valence-corrected chi connectivity index (χ1v) is 7.03. The molecule has 0 aromatic carbocycles. The second kappa shape index (κ2) is 5.53. The molecule has 0 saturated heterocycles. The van der Waals surface area contributed by atoms with E-state index in [9.17, 15) is 8.42 Å². The lowest BCUT2D eigenvalue weighted by Gasteiger charge is -2.32. The third-order valence-electron chi connectivity index (χ3n) is 2.76. The van der Waals surface area contributed by atoms with Gasteiger partial charge >= 0.3 is 0 Å². The zero-order valence-electron chi connectivity index (χ0n) is 10.0. The van der Waals surface area contributed by atoms with Gasteiger partial charge in [-0.25, -0.2) is 8.42 Å². The highest BCUT2D eigenvalue weighted by Gasteiger charge is 2.37. The van der Waals surface area contributed by atoms with Gasteiger partial charge < -0.3 is 5.32 Å². The van der Waals surface area contributed by atoms with Crippen LogP contribution in [-0.4, -0.2) is 32.0 Å². The van der Waals surface area contributed by atoms with Crippen molar-refractivity contribution in [1.29, 1.82) is 0 Å². The Morgan fingerprint density at radius 2 is 2.00 bits per heavy atom. The van der Waals surface area contributed by atoms with Crippen LogP contribution < -0.4 is 5.32 Å². The molecule has 1 atom stereocenters. The predicted molar refractivity (Wildman–Crippen MR) is 64.5 cm³/mol. The van der Waals surface area contributed by atoms with Gasteiger partial charge in [-0.1, -0.05) is 6.92 Å². The molecule has 0 aliphatic heterocycles. The molecule has 3 nitrogen and oxygen atoms in total. The van der Waals surface area contributed by atoms with Gasteiger partial charge in [0.05, 0.1) is 4.75 Å². The highest BCUT2D eigenvalue weighted by Crippen LogP contribution is 2.22. The van der Waals surface area contributed by atoms with Crippen molar-refractivity contribution in [2.75, 3.05) is 12.8 Å². The van der Waals surface area contributed by atoms with E-state index in [-0.39, 0.29) is 6.04 Å². The van der Waals surface area contributed by atoms with Crippen molar-refractivity contribution < 1.29 is 8.42 Å². The topological polar surface area (TPSA) is 46.2 Å². The van der Waals surface area contributed by atoms with E-state index in [0.717, 1.165) is 13.0 Å². The third kappa shape index (κ3) is 3.84. The largest absolute Gasteiger partial charge is 0.311 e. The monoisotopic (exact) mass is 231 g/mol. The van der Waals surface area contributed by atoms with E-state index in [1.807, 2.05) is 6.92 Å². The maximum absolute atomic E-state index is 11.6. The van der Waals surface area contributed by atoms with Gasteiger partial charge in [-0.3, -0.25) is 0 Å². The molecule has 0 spiro atoms. The lowest BCUT2D eigenvalue weighted by Crippen LogP contribution is -2.51. The molecule has 0 aromatic heterocycles. The summed E-state index contributed by atoms with van der Waals surface area (Å²) >= 11 is 0. The molecule has 0 bridgehead atoms. The Hall–Kier alpha value is -0.530. The Labute approximate surface area is 93.6 Å². The number of nitrogens with one attached hydrogen (secondary N) is 1. The molecular formula is C11H21NO2S. The lowest BCUT2D eigenvalue weighted by atomic mass is 10.00. The Balaban J connectivity index is 4.83. The van der Waals surface area contributed by atoms with Gasteiger partial charge in [0.1, 0.15) is 0 Å². The van der Waals surface area contributed by atoms with Gasteiger partial charge in [0.25, 0.3) is 0 Å². The fourth-order valence-electron chi connectivity index (χ4n) is 1.26. The molecular weight excluding hydrogens is 210 g/mol. The first-order chi connectivity index (χ1) is 6.77. The Bertz CT molecular complexity index is 325. The molecule has 4 heteroatoms. The maximum Gasteiger partial charge on any atom is 0.154 e. The zero-order valence-corrected chi connectivity index (χ0v) is 10.8. The van der Waals surface area contributed by atoms with Crippen LogP contribution in [0.25, 0.3) is 0 Å². The van der Waals surface area contributed by atoms with Crippen LogP contribution in [0.3, 0.4) is 0 Å². The predicted octanol–water partition coefficient (Wildman–Crippen LogP) is 1.20. The van der Waals surface area contributed by atoms with Crippen LogP contribution in [0.5, 0.6) is 0 Å². The van der Waals surface area contributed by atoms with E-state index in [1.54, 1.807) is 13.8 Å². The van der Waals surface area contributed by atoms with Crippen molar-refractivity contribution in [1.82, 2.24) is 5.32 Å². The van der Waals surface area contributed by atoms with Gasteiger partial charge in [-0.15, -0.1) is 12.3 Å². The first-order valence-electron chi connectivity index (χ1n) is 5.13. The number of hydrogen-bond acceptors (Lipinski definition) is 3. The number of sulfone groups is 1. The minimum absolute atomic E-state index is 0.183. The molecule has 1 unspecified atom stereocenters. The van der Waals surface area contributed by atoms with Gasteiger partial charge in [0.2, 0.25) is 0 Å². The average molecular weight is 231 g/mol. The minimum atomic E-state index is -3.11. The fraction of sp³-hybridized carbons (Fsp3) is 0.818. The van der Waals surface area contributed by atoms with E-state index < -0.39 is 14.6 Å². The quantitative estimate of drug-likeness (QED) is 0.699. The molecule has 0 aromatic rings. The van der Waals surface area contributed by atoms with Crippen molar-refractivity contribution in [3.05, 3.63) is 0 Å². The van der Waals surface area contributed by atoms with E-state index in [0.29, 0.717) is 6.42 Å². The van der Waals surface area contributed by atoms with Crippen molar-refractivity contribution in [3.8, 4) is 12.3 Å². The third-order valence-corrected chi connectivity index (χ3v) is 4.95. The molecule has 0 aliphatic carbocycles. The summed E-state index contributed by atoms with van der Waals surface area (Å²) < 4.78 is 22.4. The first kappa shape index (κ1) is 14.5. The minimum Gasteiger partial charge on any atom is -0.311 e. The van der Waals surface area contributed by atoms with Gasteiger partial charge in [-0.2, -0.15) is 0 Å². The number of terminal acetylenes is 1. The number of hydrogen-bond donors (Lipinski definition) is 1. The average Bonchev–Trinajstić information content (AvgIpc) is 2.10. The zero-order chi connectivity index (χ0) is 12.1. The van der Waals surface area contributed by atoms with Crippen molar-refractivity contribution in [3.63, 3.8) is 0 Å². The highest BCUT2D eigenvalue weighted by atomic mass is 32.2. The van der Waals surface area contributed by atoms with Crippen LogP contribution in [0, 0.1) is 12.3 Å². The molecule has 0 saturated carbocycles. The summed E-state index contributed by atoms with van der Waals surface area (Å²) in [5.41, 5.74) is 0. The molecule has 0 rings (SSSR count). The van der Waals surface area contributed by atoms with Crippen LogP contribution in [0.4, 0.5) is 0 Å². The lowest BCUT2D eigenvalue weighted by molar-refractivity contribution is 0.414. The van der Waals surface area contributed by atoms with Gasteiger partial charge in [0, 0.05) is 18.7 Å². The van der Waals surface area contributed by atoms with Crippen molar-refractivity contribution in [2.24, 2.45) is 0 Å². The number of rotatable bonds is 6. The summed E-state index contributed by atoms with van der Waals surface area (Å²) in [4.78, 5) is 0. The van der Waals surface area contributed by atoms with Gasteiger partial charge in [0.15, 0.2) is 9.84 Å². The molecule has 88 valence electrons. The van der Waals surface area contributed by atoms with Crippen LogP contribution in [0.1, 0.15) is 33.6 Å². The molecule has 1 N–H and O–H groups in total. The summed E-state index contributed by atoms with van der Waals surface area (Å²) in [7, 11) is -3.11. The van der Waals surface area contributed by atoms with Crippen LogP contribution >= 0.6 is 0 Å². The van der Waals surface area contributed by atoms with Crippen LogP contribution in [0.15, 0.2) is 0 Å². The van der Waals surface area contributed by atoms with E-state index >= 15 is 0 Å². The summed E-state index contributed by atoms with van der Waals surface area (Å²) in [5.74, 6) is 2.53. The fourth-order valence-corrected chi connectivity index (χ4v) is 1.94. The summed E-state index contributed by atoms with van der Waals surface area (Å²) in [5, 5.41) is 3.20. The summed E-state index contributed by atoms with van der Waals surface area (Å²) in [6.07, 6.45) is 7.90. The standard InChI is InChI=1S/C11H21NO2S/c1-6-8-10(12-9-7-2)11(3,4)15(5,13)14/h1,10,12H,7-9H2,2-5H3. The molecule has 0 radical (unpaired) electrons. The molecule has 0 amide bonds. The Kier molecular flexibility index (Phi) is 5.33. The SMILES string of the molecule is C#CCC(NCCC)C(C)(C)S(C)(=O)=O. The van der Waals surface area contributed by atoms with E-state index in [2.05, 4.69) is 11.2 Å². The van der Waals surface area contributed by atoms with Crippen LogP contribution in [-0.2, 0) is 9.84 Å². The van der Waals surface area contributed by atoms with E-state index in [1.165, 1.54) is 6.26 Å². The smallest absolute Gasteiger partial charge is 0.154 e. The van der Waals surface area contributed by atoms with Crippen molar-refractivity contribution in [2.45, 2.75) is 44.4 Å². The maximum atomic E-state index is 11.6. The van der Waals surface area contributed by atoms with Gasteiger partial charge in [-0.05, 0) is 26.8 Å². The molecule has 0 heterocycles. The summed E-state index contributed by atoms with van der Waals surface area (Å²) in [6, 6.07) is -0.183. The highest BCUT2D eigenvalue weighted by molar-refractivity contribution is 7.92. The Morgan fingerprint density at radius 3 is 2.33 bits per heavy atom. The normalized spacial score (nSPS) is 14.6. The second-order valence-corrected chi connectivity index (χ2v) is 6.89. The molecule has 0 fully saturated rings. The van der Waals surface area contributed by atoms with Crippen LogP contribution in [0.2, 0.25) is 0 Å². The molecule has 15 heavy (non-hydrogen) atoms. The van der Waals surface area contributed by atoms with Crippen molar-refractivity contribution >= 4 is 9.84 Å².